The fourth-order valence-electron chi connectivity index (χ4n) is 2.45. The van der Waals surface area contributed by atoms with E-state index in [9.17, 15) is 4.39 Å². The second-order valence-electron chi connectivity index (χ2n) is 4.70. The van der Waals surface area contributed by atoms with Gasteiger partial charge in [0.05, 0.1) is 19.3 Å². The largest absolute Gasteiger partial charge is 0.496 e. The lowest BCUT2D eigenvalue weighted by Crippen LogP contribution is -2.34. The molecule has 0 saturated heterocycles. The van der Waals surface area contributed by atoms with Crippen LogP contribution in [0.25, 0.3) is 0 Å². The lowest BCUT2D eigenvalue weighted by Gasteiger charge is -2.29. The van der Waals surface area contributed by atoms with Gasteiger partial charge in [-0.2, -0.15) is 0 Å². The van der Waals surface area contributed by atoms with Crippen LogP contribution in [0.15, 0.2) is 18.2 Å². The van der Waals surface area contributed by atoms with Gasteiger partial charge in [-0.15, -0.1) is 0 Å². The van der Waals surface area contributed by atoms with Crippen LogP contribution in [0.4, 0.5) is 4.39 Å². The zero-order chi connectivity index (χ0) is 15.0. The smallest absolute Gasteiger partial charge is 0.123 e. The van der Waals surface area contributed by atoms with Gasteiger partial charge in [-0.25, -0.2) is 4.39 Å². The lowest BCUT2D eigenvalue weighted by molar-refractivity contribution is 0.0273. The van der Waals surface area contributed by atoms with Crippen molar-refractivity contribution in [3.63, 3.8) is 0 Å². The van der Waals surface area contributed by atoms with Crippen molar-refractivity contribution in [1.82, 2.24) is 5.32 Å². The Morgan fingerprint density at radius 3 is 2.55 bits per heavy atom. The van der Waals surface area contributed by atoms with Gasteiger partial charge >= 0.3 is 0 Å². The summed E-state index contributed by atoms with van der Waals surface area (Å²) < 4.78 is 24.8. The number of benzene rings is 1. The van der Waals surface area contributed by atoms with Crippen molar-refractivity contribution in [2.75, 3.05) is 20.3 Å². The van der Waals surface area contributed by atoms with Crippen molar-refractivity contribution in [1.29, 1.82) is 0 Å². The van der Waals surface area contributed by atoms with Crippen molar-refractivity contribution in [3.8, 4) is 5.75 Å². The van der Waals surface area contributed by atoms with Crippen molar-refractivity contribution in [2.45, 2.75) is 45.8 Å². The normalized spacial score (nSPS) is 14.1. The molecule has 2 atom stereocenters. The molecular weight excluding hydrogens is 257 g/mol. The average Bonchev–Trinajstić information content (AvgIpc) is 2.44. The second kappa shape index (κ2) is 8.93. The fourth-order valence-corrected chi connectivity index (χ4v) is 2.45. The Bertz CT molecular complexity index is 392. The van der Waals surface area contributed by atoms with Crippen molar-refractivity contribution in [3.05, 3.63) is 29.6 Å². The summed E-state index contributed by atoms with van der Waals surface area (Å²) in [6.07, 6.45) is 1.95. The molecule has 2 unspecified atom stereocenters. The van der Waals surface area contributed by atoms with Gasteiger partial charge in [-0.3, -0.25) is 0 Å². The van der Waals surface area contributed by atoms with Gasteiger partial charge in [-0.1, -0.05) is 20.3 Å². The van der Waals surface area contributed by atoms with Crippen molar-refractivity contribution in [2.24, 2.45) is 0 Å². The minimum absolute atomic E-state index is 0.0145. The molecule has 114 valence electrons. The number of halogens is 1. The van der Waals surface area contributed by atoms with Crippen LogP contribution >= 0.6 is 0 Å². The highest BCUT2D eigenvalue weighted by atomic mass is 19.1. The average molecular weight is 283 g/mol. The topological polar surface area (TPSA) is 30.5 Å². The lowest BCUT2D eigenvalue weighted by atomic mass is 9.97. The van der Waals surface area contributed by atoms with Crippen LogP contribution in [0.2, 0.25) is 0 Å². The van der Waals surface area contributed by atoms with E-state index >= 15 is 0 Å². The summed E-state index contributed by atoms with van der Waals surface area (Å²) in [5.74, 6) is 0.439. The zero-order valence-corrected chi connectivity index (χ0v) is 12.9. The third kappa shape index (κ3) is 4.46. The molecule has 0 aliphatic carbocycles. The summed E-state index contributed by atoms with van der Waals surface area (Å²) >= 11 is 0. The van der Waals surface area contributed by atoms with Gasteiger partial charge in [0.15, 0.2) is 0 Å². The Morgan fingerprint density at radius 2 is 2.00 bits per heavy atom. The first-order valence-electron chi connectivity index (χ1n) is 7.36. The van der Waals surface area contributed by atoms with Gasteiger partial charge in [0.1, 0.15) is 11.6 Å². The SMILES string of the molecule is CCCC(OCC)C(NCC)c1cc(F)ccc1OC. The number of likely N-dealkylation sites (N-methyl/N-ethyl adjacent to an activating group) is 1. The monoisotopic (exact) mass is 283 g/mol. The Hall–Kier alpha value is -1.13. The van der Waals surface area contributed by atoms with E-state index < -0.39 is 0 Å². The molecule has 3 nitrogen and oxygen atoms in total. The second-order valence-corrected chi connectivity index (χ2v) is 4.70. The summed E-state index contributed by atoms with van der Waals surface area (Å²) in [5, 5.41) is 3.40. The summed E-state index contributed by atoms with van der Waals surface area (Å²) in [6.45, 7) is 7.57. The number of methoxy groups -OCH3 is 1. The zero-order valence-electron chi connectivity index (χ0n) is 12.9. The molecular formula is C16H26FNO2. The highest BCUT2D eigenvalue weighted by Crippen LogP contribution is 2.31. The first-order chi connectivity index (χ1) is 9.67. The van der Waals surface area contributed by atoms with Crippen LogP contribution in [0, 0.1) is 5.82 Å². The molecule has 0 aliphatic heterocycles. The summed E-state index contributed by atoms with van der Waals surface area (Å²) in [7, 11) is 1.61. The molecule has 20 heavy (non-hydrogen) atoms. The third-order valence-electron chi connectivity index (χ3n) is 3.28. The van der Waals surface area contributed by atoms with E-state index in [0.717, 1.165) is 24.9 Å². The number of ether oxygens (including phenoxy) is 2. The molecule has 0 radical (unpaired) electrons. The minimum Gasteiger partial charge on any atom is -0.496 e. The van der Waals surface area contributed by atoms with Crippen molar-refractivity contribution < 1.29 is 13.9 Å². The molecule has 1 rings (SSSR count). The highest BCUT2D eigenvalue weighted by Gasteiger charge is 2.25. The molecule has 1 aromatic carbocycles. The van der Waals surface area contributed by atoms with Crippen molar-refractivity contribution >= 4 is 0 Å². The molecule has 0 bridgehead atoms. The molecule has 0 amide bonds. The van der Waals surface area contributed by atoms with E-state index in [-0.39, 0.29) is 18.0 Å². The van der Waals surface area contributed by atoms with Crippen LogP contribution in [0.1, 0.15) is 45.2 Å². The van der Waals surface area contributed by atoms with E-state index in [2.05, 4.69) is 12.2 Å². The number of hydrogen-bond acceptors (Lipinski definition) is 3. The van der Waals surface area contributed by atoms with Crippen LogP contribution in [0.5, 0.6) is 5.75 Å². The first kappa shape index (κ1) is 16.9. The maximum atomic E-state index is 13.6. The first-order valence-corrected chi connectivity index (χ1v) is 7.36. The van der Waals surface area contributed by atoms with Gasteiger partial charge in [0.2, 0.25) is 0 Å². The fraction of sp³-hybridized carbons (Fsp3) is 0.625. The van der Waals surface area contributed by atoms with Crippen LogP contribution in [-0.4, -0.2) is 26.4 Å². The van der Waals surface area contributed by atoms with E-state index in [1.54, 1.807) is 13.2 Å². The maximum absolute atomic E-state index is 13.6. The Kier molecular flexibility index (Phi) is 7.55. The number of hydrogen-bond donors (Lipinski definition) is 1. The summed E-state index contributed by atoms with van der Waals surface area (Å²) in [5.41, 5.74) is 0.821. The predicted octanol–water partition coefficient (Wildman–Crippen LogP) is 3.69. The Balaban J connectivity index is 3.12. The standard InChI is InChI=1S/C16H26FNO2/c1-5-8-15(20-7-3)16(18-6-2)13-11-12(17)9-10-14(13)19-4/h9-11,15-16,18H,5-8H2,1-4H3. The minimum atomic E-state index is -0.254. The molecule has 1 aromatic rings. The summed E-state index contributed by atoms with van der Waals surface area (Å²) in [4.78, 5) is 0. The Labute approximate surface area is 121 Å². The predicted molar refractivity (Wildman–Crippen MR) is 79.7 cm³/mol. The molecule has 0 heterocycles. The summed E-state index contributed by atoms with van der Waals surface area (Å²) in [6, 6.07) is 4.56. The molecule has 0 saturated carbocycles. The van der Waals surface area contributed by atoms with E-state index in [0.29, 0.717) is 12.4 Å². The molecule has 1 N–H and O–H groups in total. The molecule has 0 spiro atoms. The molecule has 4 heteroatoms. The van der Waals surface area contributed by atoms with E-state index in [4.69, 9.17) is 9.47 Å². The van der Waals surface area contributed by atoms with E-state index in [1.165, 1.54) is 12.1 Å². The van der Waals surface area contributed by atoms with E-state index in [1.807, 2.05) is 13.8 Å². The van der Waals surface area contributed by atoms with Crippen LogP contribution in [-0.2, 0) is 4.74 Å². The highest BCUT2D eigenvalue weighted by molar-refractivity contribution is 5.37. The van der Waals surface area contributed by atoms with Gasteiger partial charge in [-0.05, 0) is 38.1 Å². The third-order valence-corrected chi connectivity index (χ3v) is 3.28. The Morgan fingerprint density at radius 1 is 1.25 bits per heavy atom. The molecule has 0 aliphatic rings. The number of nitrogens with one attached hydrogen (secondary N) is 1. The van der Waals surface area contributed by atoms with Gasteiger partial charge < -0.3 is 14.8 Å². The quantitative estimate of drug-likeness (QED) is 0.749. The molecule has 0 fully saturated rings. The number of rotatable bonds is 9. The van der Waals surface area contributed by atoms with Gasteiger partial charge in [0, 0.05) is 12.2 Å². The van der Waals surface area contributed by atoms with Crippen LogP contribution in [0.3, 0.4) is 0 Å². The molecule has 0 aromatic heterocycles. The van der Waals surface area contributed by atoms with Crippen LogP contribution < -0.4 is 10.1 Å². The van der Waals surface area contributed by atoms with Gasteiger partial charge in [0.25, 0.3) is 0 Å². The maximum Gasteiger partial charge on any atom is 0.123 e.